The molecule has 1 saturated carbocycles. The minimum atomic E-state index is -0.986. The van der Waals surface area contributed by atoms with Crippen molar-refractivity contribution in [3.8, 4) is 5.75 Å². The van der Waals surface area contributed by atoms with E-state index in [4.69, 9.17) is 16.3 Å². The third-order valence-corrected chi connectivity index (χ3v) is 5.14. The monoisotopic (exact) mass is 394 g/mol. The molecule has 1 amide bonds. The van der Waals surface area contributed by atoms with Crippen molar-refractivity contribution in [2.45, 2.75) is 38.3 Å². The second-order valence-electron chi connectivity index (χ2n) is 6.29. The van der Waals surface area contributed by atoms with Crippen LogP contribution in [0.2, 0.25) is 5.02 Å². The number of benzene rings is 1. The summed E-state index contributed by atoms with van der Waals surface area (Å²) in [5.41, 5.74) is 0.609. The zero-order valence-corrected chi connectivity index (χ0v) is 15.6. The topological polar surface area (TPSA) is 88.5 Å². The Morgan fingerprint density at radius 1 is 1.35 bits per heavy atom. The van der Waals surface area contributed by atoms with Crippen LogP contribution in [0.15, 0.2) is 29.6 Å². The van der Waals surface area contributed by atoms with E-state index in [1.807, 2.05) is 0 Å². The Labute approximate surface area is 160 Å². The van der Waals surface area contributed by atoms with E-state index in [0.29, 0.717) is 35.4 Å². The van der Waals surface area contributed by atoms with E-state index in [0.717, 1.165) is 17.8 Å². The van der Waals surface area contributed by atoms with Crippen LogP contribution in [0.3, 0.4) is 0 Å². The molecule has 0 saturated heterocycles. The van der Waals surface area contributed by atoms with Crippen LogP contribution in [0.25, 0.3) is 0 Å². The minimum absolute atomic E-state index is 0.0614. The molecule has 1 aliphatic carbocycles. The van der Waals surface area contributed by atoms with Crippen LogP contribution in [0.4, 0.5) is 0 Å². The van der Waals surface area contributed by atoms with Crippen LogP contribution in [-0.2, 0) is 22.6 Å². The highest BCUT2D eigenvalue weighted by atomic mass is 35.5. The fourth-order valence-electron chi connectivity index (χ4n) is 2.49. The van der Waals surface area contributed by atoms with Gasteiger partial charge in [0.2, 0.25) is 5.91 Å². The molecule has 26 heavy (non-hydrogen) atoms. The second kappa shape index (κ2) is 8.51. The zero-order chi connectivity index (χ0) is 18.5. The molecule has 6 nitrogen and oxygen atoms in total. The fourth-order valence-corrected chi connectivity index (χ4v) is 3.32. The van der Waals surface area contributed by atoms with Gasteiger partial charge in [-0.15, -0.1) is 11.3 Å². The van der Waals surface area contributed by atoms with E-state index in [-0.39, 0.29) is 12.3 Å². The lowest BCUT2D eigenvalue weighted by atomic mass is 10.1. The average Bonchev–Trinajstić information content (AvgIpc) is 3.31. The standard InChI is InChI=1S/C18H19ClN2O4S/c19-12-3-5-14(6-4-12)25-9-17-20-13(10-26-17)8-16(22)21-15(18(23)24)7-11-1-2-11/h3-6,10-11,15H,1-2,7-9H2,(H,21,22)(H,23,24). The summed E-state index contributed by atoms with van der Waals surface area (Å²) in [5, 5.41) is 15.0. The number of hydrogen-bond donors (Lipinski definition) is 2. The predicted molar refractivity (Wildman–Crippen MR) is 98.5 cm³/mol. The summed E-state index contributed by atoms with van der Waals surface area (Å²) in [6, 6.07) is 6.22. The van der Waals surface area contributed by atoms with Gasteiger partial charge < -0.3 is 15.2 Å². The van der Waals surface area contributed by atoms with Crippen molar-refractivity contribution in [3.05, 3.63) is 45.4 Å². The van der Waals surface area contributed by atoms with Crippen LogP contribution >= 0.6 is 22.9 Å². The summed E-state index contributed by atoms with van der Waals surface area (Å²) in [6.45, 7) is 0.299. The number of nitrogens with zero attached hydrogens (tertiary/aromatic N) is 1. The maximum atomic E-state index is 12.1. The molecule has 2 N–H and O–H groups in total. The predicted octanol–water partition coefficient (Wildman–Crippen LogP) is 3.29. The normalized spacial score (nSPS) is 14.7. The van der Waals surface area contributed by atoms with Gasteiger partial charge in [0.05, 0.1) is 12.1 Å². The molecule has 1 aromatic heterocycles. The van der Waals surface area contributed by atoms with Crippen molar-refractivity contribution in [1.82, 2.24) is 10.3 Å². The molecule has 1 unspecified atom stereocenters. The van der Waals surface area contributed by atoms with Crippen molar-refractivity contribution in [2.24, 2.45) is 5.92 Å². The molecular formula is C18H19ClN2O4S. The quantitative estimate of drug-likeness (QED) is 0.681. The molecule has 1 aromatic carbocycles. The molecule has 1 heterocycles. The van der Waals surface area contributed by atoms with Crippen molar-refractivity contribution >= 4 is 34.8 Å². The number of aromatic nitrogens is 1. The van der Waals surface area contributed by atoms with E-state index >= 15 is 0 Å². The maximum Gasteiger partial charge on any atom is 0.326 e. The first kappa shape index (κ1) is 18.7. The molecule has 0 aliphatic heterocycles. The van der Waals surface area contributed by atoms with Crippen LogP contribution < -0.4 is 10.1 Å². The molecule has 0 radical (unpaired) electrons. The Morgan fingerprint density at radius 3 is 2.73 bits per heavy atom. The van der Waals surface area contributed by atoms with Gasteiger partial charge in [-0.05, 0) is 36.6 Å². The number of rotatable bonds is 9. The zero-order valence-electron chi connectivity index (χ0n) is 14.0. The maximum absolute atomic E-state index is 12.1. The number of nitrogens with one attached hydrogen (secondary N) is 1. The minimum Gasteiger partial charge on any atom is -0.486 e. The lowest BCUT2D eigenvalue weighted by Gasteiger charge is -2.13. The van der Waals surface area contributed by atoms with E-state index in [1.54, 1.807) is 29.6 Å². The highest BCUT2D eigenvalue weighted by molar-refractivity contribution is 7.09. The van der Waals surface area contributed by atoms with Crippen LogP contribution in [-0.4, -0.2) is 28.0 Å². The van der Waals surface area contributed by atoms with Gasteiger partial charge in [-0.2, -0.15) is 0 Å². The first-order valence-electron chi connectivity index (χ1n) is 8.33. The third-order valence-electron chi connectivity index (χ3n) is 4.02. The van der Waals surface area contributed by atoms with Gasteiger partial charge in [0.25, 0.3) is 0 Å². The van der Waals surface area contributed by atoms with Crippen molar-refractivity contribution < 1.29 is 19.4 Å². The van der Waals surface area contributed by atoms with Crippen molar-refractivity contribution in [1.29, 1.82) is 0 Å². The highest BCUT2D eigenvalue weighted by Gasteiger charge is 2.30. The smallest absolute Gasteiger partial charge is 0.326 e. The molecule has 3 rings (SSSR count). The lowest BCUT2D eigenvalue weighted by Crippen LogP contribution is -2.41. The third kappa shape index (κ3) is 5.71. The number of carboxylic acid groups (broad SMARTS) is 1. The molecule has 1 atom stereocenters. The van der Waals surface area contributed by atoms with E-state index in [2.05, 4.69) is 10.3 Å². The summed E-state index contributed by atoms with van der Waals surface area (Å²) in [6.07, 6.45) is 2.65. The Hall–Kier alpha value is -2.12. The molecule has 1 fully saturated rings. The van der Waals surface area contributed by atoms with Crippen molar-refractivity contribution in [2.75, 3.05) is 0 Å². The molecule has 1 aliphatic rings. The first-order chi connectivity index (χ1) is 12.5. The van der Waals surface area contributed by atoms with Gasteiger partial charge in [0.15, 0.2) is 0 Å². The van der Waals surface area contributed by atoms with Gasteiger partial charge in [0, 0.05) is 10.4 Å². The molecule has 2 aromatic rings. The highest BCUT2D eigenvalue weighted by Crippen LogP contribution is 2.33. The average molecular weight is 395 g/mol. The summed E-state index contributed by atoms with van der Waals surface area (Å²) < 4.78 is 5.62. The Balaban J connectivity index is 1.48. The van der Waals surface area contributed by atoms with Gasteiger partial charge >= 0.3 is 5.97 Å². The van der Waals surface area contributed by atoms with Gasteiger partial charge in [-0.3, -0.25) is 4.79 Å². The van der Waals surface area contributed by atoms with Crippen LogP contribution in [0.5, 0.6) is 5.75 Å². The summed E-state index contributed by atoms with van der Waals surface area (Å²) >= 11 is 7.23. The molecular weight excluding hydrogens is 376 g/mol. The van der Waals surface area contributed by atoms with Gasteiger partial charge in [0.1, 0.15) is 23.4 Å². The fraction of sp³-hybridized carbons (Fsp3) is 0.389. The second-order valence-corrected chi connectivity index (χ2v) is 7.67. The number of ether oxygens (including phenoxy) is 1. The molecule has 138 valence electrons. The summed E-state index contributed by atoms with van der Waals surface area (Å²) in [7, 11) is 0. The van der Waals surface area contributed by atoms with Gasteiger partial charge in [-0.25, -0.2) is 9.78 Å². The van der Waals surface area contributed by atoms with Crippen molar-refractivity contribution in [3.63, 3.8) is 0 Å². The number of halogens is 1. The van der Waals surface area contributed by atoms with Crippen LogP contribution in [0, 0.1) is 5.92 Å². The largest absolute Gasteiger partial charge is 0.486 e. The van der Waals surface area contributed by atoms with E-state index < -0.39 is 12.0 Å². The summed E-state index contributed by atoms with van der Waals surface area (Å²) in [5.74, 6) is -0.199. The van der Waals surface area contributed by atoms with E-state index in [1.165, 1.54) is 11.3 Å². The number of amides is 1. The lowest BCUT2D eigenvalue weighted by molar-refractivity contribution is -0.142. The van der Waals surface area contributed by atoms with Gasteiger partial charge in [-0.1, -0.05) is 24.4 Å². The molecule has 8 heteroatoms. The van der Waals surface area contributed by atoms with Crippen LogP contribution in [0.1, 0.15) is 30.0 Å². The SMILES string of the molecule is O=C(Cc1csc(COc2ccc(Cl)cc2)n1)NC(CC1CC1)C(=O)O. The Morgan fingerprint density at radius 2 is 2.08 bits per heavy atom. The Kier molecular flexibility index (Phi) is 6.11. The molecule has 0 bridgehead atoms. The number of hydrogen-bond acceptors (Lipinski definition) is 5. The first-order valence-corrected chi connectivity index (χ1v) is 9.59. The number of carboxylic acids is 1. The van der Waals surface area contributed by atoms with E-state index in [9.17, 15) is 14.7 Å². The number of carbonyl (C=O) groups excluding carboxylic acids is 1. The Bertz CT molecular complexity index is 774. The number of aliphatic carboxylic acids is 1. The number of thiazole rings is 1. The number of carbonyl (C=O) groups is 2. The summed E-state index contributed by atoms with van der Waals surface area (Å²) in [4.78, 5) is 27.7. The molecule has 0 spiro atoms.